The number of para-hydroxylation sites is 2. The first-order valence-corrected chi connectivity index (χ1v) is 12.2. The van der Waals surface area contributed by atoms with Crippen molar-refractivity contribution in [2.75, 3.05) is 19.7 Å². The van der Waals surface area contributed by atoms with Crippen LogP contribution in [0.2, 0.25) is 0 Å². The van der Waals surface area contributed by atoms with Gasteiger partial charge < -0.3 is 19.7 Å². The van der Waals surface area contributed by atoms with Gasteiger partial charge in [0.05, 0.1) is 6.61 Å². The molecule has 2 amide bonds. The molecule has 6 heteroatoms. The maximum atomic E-state index is 13.5. The number of likely N-dealkylation sites (tertiary alicyclic amines) is 1. The second kappa shape index (κ2) is 12.1. The van der Waals surface area contributed by atoms with Crippen LogP contribution in [0.3, 0.4) is 0 Å². The Morgan fingerprint density at radius 2 is 1.49 bits per heavy atom. The first kappa shape index (κ1) is 24.3. The van der Waals surface area contributed by atoms with Crippen LogP contribution in [0.1, 0.15) is 35.7 Å². The average Bonchev–Trinajstić information content (AvgIpc) is 2.91. The number of benzene rings is 3. The van der Waals surface area contributed by atoms with Gasteiger partial charge >= 0.3 is 0 Å². The van der Waals surface area contributed by atoms with E-state index < -0.39 is 6.04 Å². The third-order valence-corrected chi connectivity index (χ3v) is 6.12. The van der Waals surface area contributed by atoms with E-state index in [1.165, 1.54) is 0 Å². The highest BCUT2D eigenvalue weighted by atomic mass is 16.5. The van der Waals surface area contributed by atoms with Gasteiger partial charge in [0.1, 0.15) is 12.1 Å². The minimum atomic E-state index is -0.638. The number of nitrogens with zero attached hydrogens (tertiary/aromatic N) is 1. The third kappa shape index (κ3) is 6.63. The maximum Gasteiger partial charge on any atom is 0.251 e. The van der Waals surface area contributed by atoms with Crippen LogP contribution in [0.5, 0.6) is 11.5 Å². The summed E-state index contributed by atoms with van der Waals surface area (Å²) in [4.78, 5) is 28.2. The molecule has 182 valence electrons. The highest BCUT2D eigenvalue weighted by Gasteiger charge is 2.30. The molecule has 1 atom stereocenters. The van der Waals surface area contributed by atoms with E-state index in [9.17, 15) is 9.59 Å². The van der Waals surface area contributed by atoms with Crippen molar-refractivity contribution in [2.24, 2.45) is 0 Å². The Hall–Kier alpha value is -3.80. The number of rotatable bonds is 9. The Morgan fingerprint density at radius 1 is 0.886 bits per heavy atom. The standard InChI is InChI=1S/C29H32N2O4/c1-2-34-26-15-9-10-16-27(26)35-24-17-19-31(20-18-24)29(33)25(21-22-11-5-3-6-12-22)30-28(32)23-13-7-4-8-14-23/h3-16,24-25H,2,17-21H2,1H3,(H,30,32). The second-order valence-electron chi connectivity index (χ2n) is 8.60. The van der Waals surface area contributed by atoms with E-state index in [2.05, 4.69) is 5.32 Å². The summed E-state index contributed by atoms with van der Waals surface area (Å²) in [6.45, 7) is 3.67. The van der Waals surface area contributed by atoms with Gasteiger partial charge in [-0.15, -0.1) is 0 Å². The van der Waals surface area contributed by atoms with Crippen molar-refractivity contribution in [1.82, 2.24) is 10.2 Å². The molecule has 0 aliphatic carbocycles. The van der Waals surface area contributed by atoms with E-state index in [1.54, 1.807) is 12.1 Å². The van der Waals surface area contributed by atoms with Gasteiger partial charge in [-0.05, 0) is 36.8 Å². The Kier molecular flexibility index (Phi) is 8.39. The predicted molar refractivity (Wildman–Crippen MR) is 136 cm³/mol. The topological polar surface area (TPSA) is 67.9 Å². The number of ether oxygens (including phenoxy) is 2. The summed E-state index contributed by atoms with van der Waals surface area (Å²) >= 11 is 0. The minimum absolute atomic E-state index is 0.00661. The van der Waals surface area contributed by atoms with Crippen molar-refractivity contribution in [1.29, 1.82) is 0 Å². The molecule has 1 fully saturated rings. The van der Waals surface area contributed by atoms with Gasteiger partial charge in [-0.2, -0.15) is 0 Å². The molecule has 1 heterocycles. The SMILES string of the molecule is CCOc1ccccc1OC1CCN(C(=O)C(Cc2ccccc2)NC(=O)c2ccccc2)CC1. The van der Waals surface area contributed by atoms with Crippen molar-refractivity contribution in [2.45, 2.75) is 38.3 Å². The van der Waals surface area contributed by atoms with E-state index >= 15 is 0 Å². The van der Waals surface area contributed by atoms with Gasteiger partial charge in [-0.1, -0.05) is 60.7 Å². The quantitative estimate of drug-likeness (QED) is 0.498. The largest absolute Gasteiger partial charge is 0.490 e. The van der Waals surface area contributed by atoms with Crippen molar-refractivity contribution < 1.29 is 19.1 Å². The lowest BCUT2D eigenvalue weighted by Gasteiger charge is -2.34. The molecule has 0 radical (unpaired) electrons. The molecule has 0 saturated carbocycles. The number of amides is 2. The van der Waals surface area contributed by atoms with E-state index in [0.717, 1.165) is 29.9 Å². The monoisotopic (exact) mass is 472 g/mol. The Balaban J connectivity index is 1.40. The fourth-order valence-electron chi connectivity index (χ4n) is 4.30. The molecule has 35 heavy (non-hydrogen) atoms. The molecule has 0 bridgehead atoms. The van der Waals surface area contributed by atoms with E-state index in [-0.39, 0.29) is 17.9 Å². The fourth-order valence-corrected chi connectivity index (χ4v) is 4.30. The zero-order valence-corrected chi connectivity index (χ0v) is 20.1. The highest BCUT2D eigenvalue weighted by molar-refractivity contribution is 5.97. The summed E-state index contributed by atoms with van der Waals surface area (Å²) in [5.41, 5.74) is 1.54. The summed E-state index contributed by atoms with van der Waals surface area (Å²) in [6.07, 6.45) is 1.89. The summed E-state index contributed by atoms with van der Waals surface area (Å²) in [7, 11) is 0. The van der Waals surface area contributed by atoms with Crippen molar-refractivity contribution in [3.8, 4) is 11.5 Å². The number of carbonyl (C=O) groups is 2. The number of hydrogen-bond acceptors (Lipinski definition) is 4. The van der Waals surface area contributed by atoms with Crippen LogP contribution in [-0.2, 0) is 11.2 Å². The summed E-state index contributed by atoms with van der Waals surface area (Å²) in [5, 5.41) is 2.97. The minimum Gasteiger partial charge on any atom is -0.490 e. The lowest BCUT2D eigenvalue weighted by Crippen LogP contribution is -2.52. The first-order valence-electron chi connectivity index (χ1n) is 12.2. The van der Waals surface area contributed by atoms with Crippen molar-refractivity contribution >= 4 is 11.8 Å². The zero-order valence-electron chi connectivity index (χ0n) is 20.1. The Labute approximate surface area is 206 Å². The molecule has 1 aliphatic heterocycles. The highest BCUT2D eigenvalue weighted by Crippen LogP contribution is 2.29. The third-order valence-electron chi connectivity index (χ3n) is 6.12. The predicted octanol–water partition coefficient (Wildman–Crippen LogP) is 4.50. The van der Waals surface area contributed by atoms with Gasteiger partial charge in [0, 0.05) is 37.9 Å². The Morgan fingerprint density at radius 3 is 2.14 bits per heavy atom. The molecule has 6 nitrogen and oxygen atoms in total. The normalized spacial score (nSPS) is 14.7. The van der Waals surface area contributed by atoms with Gasteiger partial charge in [0.25, 0.3) is 5.91 Å². The smallest absolute Gasteiger partial charge is 0.251 e. The van der Waals surface area contributed by atoms with Crippen molar-refractivity contribution in [3.05, 3.63) is 96.1 Å². The Bertz CT molecular complexity index is 1100. The van der Waals surface area contributed by atoms with E-state index in [4.69, 9.17) is 9.47 Å². The number of carbonyl (C=O) groups excluding carboxylic acids is 2. The first-order chi connectivity index (χ1) is 17.1. The second-order valence-corrected chi connectivity index (χ2v) is 8.60. The lowest BCUT2D eigenvalue weighted by molar-refractivity contribution is -0.135. The molecule has 1 aliphatic rings. The van der Waals surface area contributed by atoms with Gasteiger partial charge in [0.2, 0.25) is 5.91 Å². The van der Waals surface area contributed by atoms with Crippen molar-refractivity contribution in [3.63, 3.8) is 0 Å². The summed E-state index contributed by atoms with van der Waals surface area (Å²) in [6, 6.07) is 25.8. The van der Waals surface area contributed by atoms with Crippen LogP contribution < -0.4 is 14.8 Å². The number of hydrogen-bond donors (Lipinski definition) is 1. The molecule has 3 aromatic rings. The molecule has 3 aromatic carbocycles. The van der Waals surface area contributed by atoms with Crippen LogP contribution in [0, 0.1) is 0 Å². The van der Waals surface area contributed by atoms with Crippen LogP contribution in [0.4, 0.5) is 0 Å². The summed E-state index contributed by atoms with van der Waals surface area (Å²) in [5.74, 6) is 1.16. The molecular formula is C29H32N2O4. The molecular weight excluding hydrogens is 440 g/mol. The number of piperidine rings is 1. The molecule has 1 unspecified atom stereocenters. The van der Waals surface area contributed by atoms with Crippen LogP contribution in [0.25, 0.3) is 0 Å². The molecule has 4 rings (SSSR count). The average molecular weight is 473 g/mol. The van der Waals surface area contributed by atoms with Gasteiger partial charge in [0.15, 0.2) is 11.5 Å². The summed E-state index contributed by atoms with van der Waals surface area (Å²) < 4.78 is 11.9. The molecule has 1 saturated heterocycles. The van der Waals surface area contributed by atoms with Crippen LogP contribution >= 0.6 is 0 Å². The fraction of sp³-hybridized carbons (Fsp3) is 0.310. The number of nitrogens with one attached hydrogen (secondary N) is 1. The van der Waals surface area contributed by atoms with Gasteiger partial charge in [-0.3, -0.25) is 9.59 Å². The maximum absolute atomic E-state index is 13.5. The van der Waals surface area contributed by atoms with E-state index in [1.807, 2.05) is 84.6 Å². The lowest BCUT2D eigenvalue weighted by atomic mass is 10.0. The molecule has 0 spiro atoms. The van der Waals surface area contributed by atoms with Crippen LogP contribution in [-0.4, -0.2) is 48.6 Å². The zero-order chi connectivity index (χ0) is 24.5. The molecule has 0 aromatic heterocycles. The van der Waals surface area contributed by atoms with Gasteiger partial charge in [-0.25, -0.2) is 0 Å². The van der Waals surface area contributed by atoms with E-state index in [0.29, 0.717) is 31.7 Å². The van der Waals surface area contributed by atoms with Crippen LogP contribution in [0.15, 0.2) is 84.9 Å². The molecule has 1 N–H and O–H groups in total.